The van der Waals surface area contributed by atoms with Gasteiger partial charge in [-0.2, -0.15) is 5.26 Å². The minimum absolute atomic E-state index is 0.166. The van der Waals surface area contributed by atoms with Crippen LogP contribution in [-0.4, -0.2) is 6.61 Å². The summed E-state index contributed by atoms with van der Waals surface area (Å²) in [7, 11) is 0. The third kappa shape index (κ3) is 5.86. The molecule has 0 saturated heterocycles. The molecule has 2 nitrogen and oxygen atoms in total. The van der Waals surface area contributed by atoms with E-state index in [2.05, 4.69) is 44.2 Å². The van der Waals surface area contributed by atoms with Crippen LogP contribution in [-0.2, 0) is 6.42 Å². The molecule has 0 bridgehead atoms. The molecule has 1 aliphatic carbocycles. The molecule has 1 fully saturated rings. The maximum atomic E-state index is 9.63. The number of nitrogens with zero attached hydrogens (tertiary/aromatic N) is 1. The van der Waals surface area contributed by atoms with Crippen molar-refractivity contribution in [2.75, 3.05) is 6.61 Å². The summed E-state index contributed by atoms with van der Waals surface area (Å²) in [5.41, 5.74) is 1.26. The van der Waals surface area contributed by atoms with Crippen molar-refractivity contribution in [2.24, 2.45) is 17.8 Å². The van der Waals surface area contributed by atoms with E-state index < -0.39 is 0 Å². The Morgan fingerprint density at radius 2 is 1.79 bits per heavy atom. The van der Waals surface area contributed by atoms with E-state index in [1.165, 1.54) is 44.1 Å². The first-order valence-electron chi connectivity index (χ1n) is 9.88. The molecule has 1 aliphatic rings. The zero-order chi connectivity index (χ0) is 17.2. The first kappa shape index (κ1) is 18.8. The van der Waals surface area contributed by atoms with Crippen molar-refractivity contribution in [2.45, 2.75) is 71.6 Å². The molecule has 1 unspecified atom stereocenters. The molecular weight excluding hydrogens is 294 g/mol. The van der Waals surface area contributed by atoms with Crippen molar-refractivity contribution in [3.63, 3.8) is 0 Å². The Morgan fingerprint density at radius 3 is 2.38 bits per heavy atom. The summed E-state index contributed by atoms with van der Waals surface area (Å²) in [6, 6.07) is 11.0. The van der Waals surface area contributed by atoms with E-state index in [0.29, 0.717) is 5.92 Å². The van der Waals surface area contributed by atoms with Crippen LogP contribution in [0.5, 0.6) is 5.75 Å². The molecule has 0 heterocycles. The largest absolute Gasteiger partial charge is 0.494 e. The molecule has 0 spiro atoms. The standard InChI is InChI=1S/C22H33NO/c1-3-5-15-24-22-13-9-19(10-14-22)16-21(17-23)20-11-7-18(6-4-2)8-12-20/h9-10,13-14,18,20-21H,3-8,11-12,15-16H2,1-2H3/t18-,20-,21?. The third-order valence-electron chi connectivity index (χ3n) is 5.47. The Hall–Kier alpha value is -1.49. The summed E-state index contributed by atoms with van der Waals surface area (Å²) in [6.07, 6.45) is 10.9. The lowest BCUT2D eigenvalue weighted by Gasteiger charge is -2.31. The SMILES string of the molecule is CCCCOc1ccc(CC(C#N)[C@H]2CC[C@H](CCC)CC2)cc1. The van der Waals surface area contributed by atoms with Gasteiger partial charge in [0, 0.05) is 0 Å². The average Bonchev–Trinajstić information content (AvgIpc) is 2.62. The van der Waals surface area contributed by atoms with E-state index in [9.17, 15) is 5.26 Å². The summed E-state index contributed by atoms with van der Waals surface area (Å²) in [5.74, 6) is 2.61. The molecule has 0 aromatic heterocycles. The lowest BCUT2D eigenvalue weighted by atomic mass is 9.73. The lowest BCUT2D eigenvalue weighted by molar-refractivity contribution is 0.223. The summed E-state index contributed by atoms with van der Waals surface area (Å²) in [5, 5.41) is 9.63. The van der Waals surface area contributed by atoms with Gasteiger partial charge in [0.05, 0.1) is 18.6 Å². The van der Waals surface area contributed by atoms with E-state index in [0.717, 1.165) is 37.5 Å². The fourth-order valence-electron chi connectivity index (χ4n) is 3.92. The minimum atomic E-state index is 0.166. The number of unbranched alkanes of at least 4 members (excludes halogenated alkanes) is 1. The third-order valence-corrected chi connectivity index (χ3v) is 5.47. The Bertz CT molecular complexity index is 494. The molecule has 1 saturated carbocycles. The van der Waals surface area contributed by atoms with Crippen LogP contribution in [0, 0.1) is 29.1 Å². The van der Waals surface area contributed by atoms with E-state index in [1.807, 2.05) is 0 Å². The first-order valence-corrected chi connectivity index (χ1v) is 9.88. The lowest BCUT2D eigenvalue weighted by Crippen LogP contribution is -2.22. The number of ether oxygens (including phenoxy) is 1. The Morgan fingerprint density at radius 1 is 1.08 bits per heavy atom. The molecule has 2 heteroatoms. The van der Waals surface area contributed by atoms with Gasteiger partial charge in [-0.15, -0.1) is 0 Å². The number of hydrogen-bond acceptors (Lipinski definition) is 2. The summed E-state index contributed by atoms with van der Waals surface area (Å²) in [6.45, 7) is 5.24. The van der Waals surface area contributed by atoms with Gasteiger partial charge < -0.3 is 4.74 Å². The molecule has 0 amide bonds. The maximum absolute atomic E-state index is 9.63. The zero-order valence-corrected chi connectivity index (χ0v) is 15.5. The molecule has 1 aromatic carbocycles. The van der Waals surface area contributed by atoms with Gasteiger partial charge in [-0.3, -0.25) is 0 Å². The van der Waals surface area contributed by atoms with E-state index in [-0.39, 0.29) is 5.92 Å². The molecule has 0 radical (unpaired) electrons. The molecule has 0 aliphatic heterocycles. The van der Waals surface area contributed by atoms with Crippen LogP contribution < -0.4 is 4.74 Å². The van der Waals surface area contributed by atoms with Crippen LogP contribution in [0.3, 0.4) is 0 Å². The number of hydrogen-bond donors (Lipinski definition) is 0. The number of benzene rings is 1. The van der Waals surface area contributed by atoms with Gasteiger partial charge in [-0.05, 0) is 55.2 Å². The molecular formula is C22H33NO. The average molecular weight is 328 g/mol. The number of rotatable bonds is 9. The highest BCUT2D eigenvalue weighted by molar-refractivity contribution is 5.28. The fourth-order valence-corrected chi connectivity index (χ4v) is 3.92. The van der Waals surface area contributed by atoms with Crippen LogP contribution in [0.2, 0.25) is 0 Å². The van der Waals surface area contributed by atoms with Crippen LogP contribution in [0.15, 0.2) is 24.3 Å². The second-order valence-corrected chi connectivity index (χ2v) is 7.36. The van der Waals surface area contributed by atoms with Gasteiger partial charge in [0.25, 0.3) is 0 Å². The Labute approximate surface area is 148 Å². The smallest absolute Gasteiger partial charge is 0.119 e. The molecule has 24 heavy (non-hydrogen) atoms. The zero-order valence-electron chi connectivity index (χ0n) is 15.5. The van der Waals surface area contributed by atoms with Crippen LogP contribution in [0.1, 0.15) is 70.8 Å². The van der Waals surface area contributed by atoms with Gasteiger partial charge in [0.2, 0.25) is 0 Å². The van der Waals surface area contributed by atoms with Gasteiger partial charge in [-0.25, -0.2) is 0 Å². The van der Waals surface area contributed by atoms with Gasteiger partial charge in [0.15, 0.2) is 0 Å². The summed E-state index contributed by atoms with van der Waals surface area (Å²) >= 11 is 0. The van der Waals surface area contributed by atoms with Gasteiger partial charge in [-0.1, -0.05) is 58.1 Å². The molecule has 0 N–H and O–H groups in total. The van der Waals surface area contributed by atoms with Crippen LogP contribution in [0.4, 0.5) is 0 Å². The van der Waals surface area contributed by atoms with E-state index in [1.54, 1.807) is 0 Å². The van der Waals surface area contributed by atoms with Crippen molar-refractivity contribution in [1.29, 1.82) is 5.26 Å². The summed E-state index contributed by atoms with van der Waals surface area (Å²) < 4.78 is 5.72. The Kier molecular flexibility index (Phi) is 8.16. The molecule has 1 atom stereocenters. The second kappa shape index (κ2) is 10.4. The second-order valence-electron chi connectivity index (χ2n) is 7.36. The van der Waals surface area contributed by atoms with Gasteiger partial charge >= 0.3 is 0 Å². The van der Waals surface area contributed by atoms with E-state index in [4.69, 9.17) is 4.74 Å². The highest BCUT2D eigenvalue weighted by Crippen LogP contribution is 2.36. The minimum Gasteiger partial charge on any atom is -0.494 e. The van der Waals surface area contributed by atoms with Crippen molar-refractivity contribution in [3.8, 4) is 11.8 Å². The van der Waals surface area contributed by atoms with Crippen molar-refractivity contribution >= 4 is 0 Å². The topological polar surface area (TPSA) is 33.0 Å². The van der Waals surface area contributed by atoms with Crippen molar-refractivity contribution in [3.05, 3.63) is 29.8 Å². The summed E-state index contributed by atoms with van der Waals surface area (Å²) in [4.78, 5) is 0. The first-order chi connectivity index (χ1) is 11.8. The van der Waals surface area contributed by atoms with Gasteiger partial charge in [0.1, 0.15) is 5.75 Å². The molecule has 132 valence electrons. The van der Waals surface area contributed by atoms with Crippen molar-refractivity contribution in [1.82, 2.24) is 0 Å². The molecule has 1 aromatic rings. The fraction of sp³-hybridized carbons (Fsp3) is 0.682. The normalized spacial score (nSPS) is 21.9. The van der Waals surface area contributed by atoms with Crippen LogP contribution in [0.25, 0.3) is 0 Å². The van der Waals surface area contributed by atoms with E-state index >= 15 is 0 Å². The number of nitriles is 1. The quantitative estimate of drug-likeness (QED) is 0.509. The highest BCUT2D eigenvalue weighted by Gasteiger charge is 2.27. The maximum Gasteiger partial charge on any atom is 0.119 e. The predicted octanol–water partition coefficient (Wildman–Crippen LogP) is 6.15. The predicted molar refractivity (Wildman–Crippen MR) is 100 cm³/mol. The van der Waals surface area contributed by atoms with Crippen LogP contribution >= 0.6 is 0 Å². The Balaban J connectivity index is 1.83. The monoisotopic (exact) mass is 327 g/mol. The molecule has 2 rings (SSSR count). The highest BCUT2D eigenvalue weighted by atomic mass is 16.5. The van der Waals surface area contributed by atoms with Crippen molar-refractivity contribution < 1.29 is 4.74 Å².